The molecule has 108 valence electrons. The van der Waals surface area contributed by atoms with Crippen molar-refractivity contribution in [3.05, 3.63) is 36.0 Å². The Morgan fingerprint density at radius 3 is 2.35 bits per heavy atom. The van der Waals surface area contributed by atoms with E-state index in [9.17, 15) is 0 Å². The van der Waals surface area contributed by atoms with E-state index in [1.807, 2.05) is 10.9 Å². The first kappa shape index (κ1) is 14.6. The summed E-state index contributed by atoms with van der Waals surface area (Å²) in [5.74, 6) is 0.676. The maximum Gasteiger partial charge on any atom is 0.115 e. The zero-order valence-corrected chi connectivity index (χ0v) is 12.9. The highest BCUT2D eigenvalue weighted by molar-refractivity contribution is 5.72. The number of benzene rings is 1. The molecule has 3 nitrogen and oxygen atoms in total. The highest BCUT2D eigenvalue weighted by atomic mass is 15.3. The summed E-state index contributed by atoms with van der Waals surface area (Å²) in [5, 5.41) is 4.63. The Kier molecular flexibility index (Phi) is 4.48. The van der Waals surface area contributed by atoms with E-state index in [1.54, 1.807) is 0 Å². The summed E-state index contributed by atoms with van der Waals surface area (Å²) in [6.07, 6.45) is 4.09. The summed E-state index contributed by atoms with van der Waals surface area (Å²) < 4.78 is 1.96. The Labute approximate surface area is 121 Å². The van der Waals surface area contributed by atoms with Crippen molar-refractivity contribution in [2.24, 2.45) is 5.92 Å². The number of hydrogen-bond donors (Lipinski definition) is 1. The molecule has 0 fully saturated rings. The minimum absolute atomic E-state index is 0.381. The number of nitrogens with two attached hydrogens (primary N) is 1. The van der Waals surface area contributed by atoms with Crippen molar-refractivity contribution in [1.29, 1.82) is 0 Å². The lowest BCUT2D eigenvalue weighted by Gasteiger charge is -2.08. The molecule has 0 amide bonds. The highest BCUT2D eigenvalue weighted by Gasteiger charge is 2.11. The topological polar surface area (TPSA) is 43.8 Å². The van der Waals surface area contributed by atoms with Crippen molar-refractivity contribution >= 4 is 5.69 Å². The third kappa shape index (κ3) is 3.21. The maximum atomic E-state index is 6.10. The first-order chi connectivity index (χ1) is 9.51. The third-order valence-electron chi connectivity index (χ3n) is 3.67. The van der Waals surface area contributed by atoms with Gasteiger partial charge in [0.15, 0.2) is 0 Å². The molecule has 0 aliphatic heterocycles. The summed E-state index contributed by atoms with van der Waals surface area (Å²) in [4.78, 5) is 0. The highest BCUT2D eigenvalue weighted by Crippen LogP contribution is 2.26. The van der Waals surface area contributed by atoms with E-state index in [0.29, 0.717) is 12.0 Å². The van der Waals surface area contributed by atoms with Crippen LogP contribution in [0.1, 0.15) is 45.7 Å². The minimum atomic E-state index is 0.381. The number of nitrogens with zero attached hydrogens (tertiary/aromatic N) is 2. The number of anilines is 1. The van der Waals surface area contributed by atoms with Gasteiger partial charge in [-0.15, -0.1) is 0 Å². The van der Waals surface area contributed by atoms with Crippen molar-refractivity contribution in [3.8, 4) is 11.3 Å². The van der Waals surface area contributed by atoms with Crippen LogP contribution in [-0.2, 0) is 6.42 Å². The Hall–Kier alpha value is -1.77. The number of hydrogen-bond acceptors (Lipinski definition) is 2. The van der Waals surface area contributed by atoms with E-state index in [4.69, 9.17) is 5.73 Å². The van der Waals surface area contributed by atoms with Gasteiger partial charge >= 0.3 is 0 Å². The van der Waals surface area contributed by atoms with Crippen LogP contribution in [0.5, 0.6) is 0 Å². The first-order valence-corrected chi connectivity index (χ1v) is 7.45. The second kappa shape index (κ2) is 6.12. The summed E-state index contributed by atoms with van der Waals surface area (Å²) >= 11 is 0. The molecule has 2 aromatic rings. The van der Waals surface area contributed by atoms with Gasteiger partial charge in [-0.3, -0.25) is 4.68 Å². The van der Waals surface area contributed by atoms with E-state index in [2.05, 4.69) is 57.1 Å². The second-order valence-electron chi connectivity index (χ2n) is 5.97. The normalized spacial score (nSPS) is 12.8. The van der Waals surface area contributed by atoms with Gasteiger partial charge in [-0.1, -0.05) is 45.0 Å². The van der Waals surface area contributed by atoms with Gasteiger partial charge in [-0.25, -0.2) is 0 Å². The van der Waals surface area contributed by atoms with Gasteiger partial charge in [-0.05, 0) is 31.2 Å². The van der Waals surface area contributed by atoms with Crippen molar-refractivity contribution in [3.63, 3.8) is 0 Å². The molecule has 0 saturated carbocycles. The molecule has 0 aliphatic carbocycles. The first-order valence-electron chi connectivity index (χ1n) is 7.45. The van der Waals surface area contributed by atoms with Crippen LogP contribution < -0.4 is 5.73 Å². The van der Waals surface area contributed by atoms with Crippen LogP contribution >= 0.6 is 0 Å². The standard InChI is InChI=1S/C17H25N3/c1-5-13(4)20-11-16(18)17(19-20)15-8-6-14(7-9-15)10-12(2)3/h6-9,11-13H,5,10,18H2,1-4H3. The van der Waals surface area contributed by atoms with Gasteiger partial charge in [0.25, 0.3) is 0 Å². The van der Waals surface area contributed by atoms with E-state index in [-0.39, 0.29) is 0 Å². The average Bonchev–Trinajstić information content (AvgIpc) is 2.80. The Bertz CT molecular complexity index is 552. The van der Waals surface area contributed by atoms with Crippen LogP contribution in [0.15, 0.2) is 30.5 Å². The van der Waals surface area contributed by atoms with Gasteiger partial charge < -0.3 is 5.73 Å². The third-order valence-corrected chi connectivity index (χ3v) is 3.67. The van der Waals surface area contributed by atoms with E-state index >= 15 is 0 Å². The summed E-state index contributed by atoms with van der Waals surface area (Å²) in [5.41, 5.74) is 10.2. The van der Waals surface area contributed by atoms with Gasteiger partial charge in [0.05, 0.1) is 5.69 Å². The lowest BCUT2D eigenvalue weighted by Crippen LogP contribution is -2.04. The van der Waals surface area contributed by atoms with E-state index < -0.39 is 0 Å². The van der Waals surface area contributed by atoms with Crippen LogP contribution in [0, 0.1) is 5.92 Å². The van der Waals surface area contributed by atoms with Gasteiger partial charge in [0.1, 0.15) is 5.69 Å². The molecule has 1 heterocycles. The fourth-order valence-electron chi connectivity index (χ4n) is 2.31. The molecule has 0 bridgehead atoms. The van der Waals surface area contributed by atoms with Crippen molar-refractivity contribution in [2.45, 2.75) is 46.6 Å². The van der Waals surface area contributed by atoms with Crippen LogP contribution in [0.25, 0.3) is 11.3 Å². The Balaban J connectivity index is 2.25. The van der Waals surface area contributed by atoms with Gasteiger partial charge in [-0.2, -0.15) is 5.10 Å². The molecule has 0 spiro atoms. The molecule has 3 heteroatoms. The van der Waals surface area contributed by atoms with Crippen LogP contribution in [-0.4, -0.2) is 9.78 Å². The Morgan fingerprint density at radius 2 is 1.80 bits per heavy atom. The maximum absolute atomic E-state index is 6.10. The van der Waals surface area contributed by atoms with Crippen molar-refractivity contribution in [2.75, 3.05) is 5.73 Å². The molecule has 2 N–H and O–H groups in total. The fraction of sp³-hybridized carbons (Fsp3) is 0.471. The van der Waals surface area contributed by atoms with E-state index in [1.165, 1.54) is 5.56 Å². The summed E-state index contributed by atoms with van der Waals surface area (Å²) in [6.45, 7) is 8.78. The lowest BCUT2D eigenvalue weighted by atomic mass is 10.0. The Morgan fingerprint density at radius 1 is 1.15 bits per heavy atom. The molecule has 1 aromatic carbocycles. The predicted octanol–water partition coefficient (Wildman–Crippen LogP) is 4.30. The molecule has 0 saturated heterocycles. The van der Waals surface area contributed by atoms with Gasteiger partial charge in [0.2, 0.25) is 0 Å². The minimum Gasteiger partial charge on any atom is -0.396 e. The van der Waals surface area contributed by atoms with Crippen molar-refractivity contribution in [1.82, 2.24) is 9.78 Å². The van der Waals surface area contributed by atoms with Gasteiger partial charge in [0, 0.05) is 17.8 Å². The molecule has 1 aromatic heterocycles. The molecule has 1 unspecified atom stereocenters. The van der Waals surface area contributed by atoms with Crippen molar-refractivity contribution < 1.29 is 0 Å². The van der Waals surface area contributed by atoms with Crippen LogP contribution in [0.3, 0.4) is 0 Å². The number of nitrogen functional groups attached to an aromatic ring is 1. The predicted molar refractivity (Wildman–Crippen MR) is 85.6 cm³/mol. The molecule has 1 atom stereocenters. The second-order valence-corrected chi connectivity index (χ2v) is 5.97. The zero-order chi connectivity index (χ0) is 14.7. The number of rotatable bonds is 5. The quantitative estimate of drug-likeness (QED) is 0.881. The zero-order valence-electron chi connectivity index (χ0n) is 12.9. The molecule has 20 heavy (non-hydrogen) atoms. The molecule has 0 radical (unpaired) electrons. The smallest absolute Gasteiger partial charge is 0.115 e. The SMILES string of the molecule is CCC(C)n1cc(N)c(-c2ccc(CC(C)C)cc2)n1. The summed E-state index contributed by atoms with van der Waals surface area (Å²) in [6, 6.07) is 8.98. The van der Waals surface area contributed by atoms with Crippen LogP contribution in [0.2, 0.25) is 0 Å². The van der Waals surface area contributed by atoms with Crippen LogP contribution in [0.4, 0.5) is 5.69 Å². The molecule has 0 aliphatic rings. The monoisotopic (exact) mass is 271 g/mol. The van der Waals surface area contributed by atoms with E-state index in [0.717, 1.165) is 29.8 Å². The average molecular weight is 271 g/mol. The largest absolute Gasteiger partial charge is 0.396 e. The lowest BCUT2D eigenvalue weighted by molar-refractivity contribution is 0.479. The molecular formula is C17H25N3. The fourth-order valence-corrected chi connectivity index (χ4v) is 2.31. The summed E-state index contributed by atoms with van der Waals surface area (Å²) in [7, 11) is 0. The molecule has 2 rings (SSSR count). The number of aromatic nitrogens is 2. The molecular weight excluding hydrogens is 246 g/mol.